The van der Waals surface area contributed by atoms with E-state index < -0.39 is 0 Å². The molecule has 0 saturated heterocycles. The maximum Gasteiger partial charge on any atom is 0.161 e. The summed E-state index contributed by atoms with van der Waals surface area (Å²) in [5, 5.41) is 13.2. The summed E-state index contributed by atoms with van der Waals surface area (Å²) < 4.78 is 11.1. The van der Waals surface area contributed by atoms with Crippen LogP contribution in [0.15, 0.2) is 18.2 Å². The highest BCUT2D eigenvalue weighted by Gasteiger charge is 2.32. The predicted molar refractivity (Wildman–Crippen MR) is 83.9 cm³/mol. The molecule has 0 bridgehead atoms. The lowest BCUT2D eigenvalue weighted by atomic mass is 9.98. The first-order valence-corrected chi connectivity index (χ1v) is 7.88. The molecule has 1 aromatic rings. The van der Waals surface area contributed by atoms with Gasteiger partial charge in [-0.3, -0.25) is 0 Å². The van der Waals surface area contributed by atoms with Gasteiger partial charge in [-0.25, -0.2) is 0 Å². The average molecular weight is 293 g/mol. The van der Waals surface area contributed by atoms with E-state index in [1.165, 1.54) is 12.8 Å². The average Bonchev–Trinajstić information content (AvgIpc) is 3.00. The Hall–Kier alpha value is -1.26. The highest BCUT2D eigenvalue weighted by Crippen LogP contribution is 2.31. The molecule has 0 atom stereocenters. The Bertz CT molecular complexity index is 442. The molecular formula is C17H27NO3. The molecule has 0 aliphatic heterocycles. The monoisotopic (exact) mass is 293 g/mol. The Kier molecular flexibility index (Phi) is 5.88. The quantitative estimate of drug-likeness (QED) is 0.774. The van der Waals surface area contributed by atoms with E-state index in [0.717, 1.165) is 42.9 Å². The third-order valence-electron chi connectivity index (χ3n) is 4.22. The Labute approximate surface area is 127 Å². The SMILES string of the molecule is CCCOc1cc(CNC2(CO)CCCC2)ccc1OC. The molecule has 0 radical (unpaired) electrons. The van der Waals surface area contributed by atoms with Crippen LogP contribution in [0.3, 0.4) is 0 Å². The van der Waals surface area contributed by atoms with Crippen LogP contribution in [-0.2, 0) is 6.54 Å². The molecule has 0 spiro atoms. The lowest BCUT2D eigenvalue weighted by Gasteiger charge is -2.28. The standard InChI is InChI=1S/C17H27NO3/c1-3-10-21-16-11-14(6-7-15(16)20-2)12-18-17(13-19)8-4-5-9-17/h6-7,11,18-19H,3-5,8-10,12-13H2,1-2H3. The van der Waals surface area contributed by atoms with Crippen LogP contribution >= 0.6 is 0 Å². The molecule has 0 heterocycles. The predicted octanol–water partition coefficient (Wildman–Crippen LogP) is 2.88. The Morgan fingerprint density at radius 2 is 2.00 bits per heavy atom. The van der Waals surface area contributed by atoms with Crippen molar-refractivity contribution in [2.75, 3.05) is 20.3 Å². The van der Waals surface area contributed by atoms with Gasteiger partial charge in [0, 0.05) is 12.1 Å². The fraction of sp³-hybridized carbons (Fsp3) is 0.647. The summed E-state index contributed by atoms with van der Waals surface area (Å²) in [5.74, 6) is 1.56. The molecule has 1 aromatic carbocycles. The number of nitrogens with one attached hydrogen (secondary N) is 1. The highest BCUT2D eigenvalue weighted by atomic mass is 16.5. The third kappa shape index (κ3) is 4.11. The van der Waals surface area contributed by atoms with Gasteiger partial charge in [-0.05, 0) is 37.0 Å². The third-order valence-corrected chi connectivity index (χ3v) is 4.22. The minimum Gasteiger partial charge on any atom is -0.493 e. The number of methoxy groups -OCH3 is 1. The molecule has 0 amide bonds. The molecule has 1 aliphatic carbocycles. The summed E-state index contributed by atoms with van der Waals surface area (Å²) in [7, 11) is 1.66. The van der Waals surface area contributed by atoms with Crippen molar-refractivity contribution in [3.63, 3.8) is 0 Å². The maximum atomic E-state index is 9.64. The zero-order chi connectivity index (χ0) is 15.1. The van der Waals surface area contributed by atoms with Crippen LogP contribution in [-0.4, -0.2) is 31.0 Å². The van der Waals surface area contributed by atoms with E-state index in [0.29, 0.717) is 6.61 Å². The molecule has 21 heavy (non-hydrogen) atoms. The number of aliphatic hydroxyl groups excluding tert-OH is 1. The van der Waals surface area contributed by atoms with E-state index in [4.69, 9.17) is 9.47 Å². The Balaban J connectivity index is 2.02. The van der Waals surface area contributed by atoms with Crippen LogP contribution in [0.25, 0.3) is 0 Å². The fourth-order valence-electron chi connectivity index (χ4n) is 2.89. The molecule has 2 rings (SSSR count). The van der Waals surface area contributed by atoms with Crippen molar-refractivity contribution in [3.8, 4) is 11.5 Å². The summed E-state index contributed by atoms with van der Waals surface area (Å²) >= 11 is 0. The summed E-state index contributed by atoms with van der Waals surface area (Å²) in [5.41, 5.74) is 1.06. The van der Waals surface area contributed by atoms with Gasteiger partial charge in [0.1, 0.15) is 0 Å². The summed E-state index contributed by atoms with van der Waals surface area (Å²) in [6.07, 6.45) is 5.47. The van der Waals surface area contributed by atoms with Gasteiger partial charge >= 0.3 is 0 Å². The van der Waals surface area contributed by atoms with Gasteiger partial charge in [-0.15, -0.1) is 0 Å². The normalized spacial score (nSPS) is 16.9. The zero-order valence-electron chi connectivity index (χ0n) is 13.2. The number of ether oxygens (including phenoxy) is 2. The lowest BCUT2D eigenvalue weighted by molar-refractivity contribution is 0.163. The van der Waals surface area contributed by atoms with E-state index in [-0.39, 0.29) is 12.1 Å². The van der Waals surface area contributed by atoms with Crippen molar-refractivity contribution in [1.82, 2.24) is 5.32 Å². The van der Waals surface area contributed by atoms with Crippen LogP contribution < -0.4 is 14.8 Å². The molecular weight excluding hydrogens is 266 g/mol. The van der Waals surface area contributed by atoms with E-state index in [1.54, 1.807) is 7.11 Å². The van der Waals surface area contributed by atoms with Crippen molar-refractivity contribution in [2.24, 2.45) is 0 Å². The van der Waals surface area contributed by atoms with Crippen LogP contribution in [0, 0.1) is 0 Å². The molecule has 0 unspecified atom stereocenters. The molecule has 118 valence electrons. The van der Waals surface area contributed by atoms with Crippen LogP contribution in [0.5, 0.6) is 11.5 Å². The van der Waals surface area contributed by atoms with Gasteiger partial charge in [-0.1, -0.05) is 25.8 Å². The number of benzene rings is 1. The van der Waals surface area contributed by atoms with Crippen molar-refractivity contribution in [3.05, 3.63) is 23.8 Å². The van der Waals surface area contributed by atoms with Crippen molar-refractivity contribution >= 4 is 0 Å². The van der Waals surface area contributed by atoms with Crippen LogP contribution in [0.1, 0.15) is 44.6 Å². The number of hydrogen-bond acceptors (Lipinski definition) is 4. The topological polar surface area (TPSA) is 50.7 Å². The lowest BCUT2D eigenvalue weighted by Crippen LogP contribution is -2.45. The molecule has 1 fully saturated rings. The minimum atomic E-state index is -0.0929. The molecule has 4 heteroatoms. The van der Waals surface area contributed by atoms with E-state index in [2.05, 4.69) is 12.2 Å². The van der Waals surface area contributed by atoms with Gasteiger partial charge in [0.2, 0.25) is 0 Å². The minimum absolute atomic E-state index is 0.0929. The van der Waals surface area contributed by atoms with Crippen molar-refractivity contribution in [1.29, 1.82) is 0 Å². The molecule has 1 saturated carbocycles. The fourth-order valence-corrected chi connectivity index (χ4v) is 2.89. The number of hydrogen-bond donors (Lipinski definition) is 2. The van der Waals surface area contributed by atoms with E-state index in [1.807, 2.05) is 18.2 Å². The smallest absolute Gasteiger partial charge is 0.161 e. The van der Waals surface area contributed by atoms with Gasteiger partial charge in [-0.2, -0.15) is 0 Å². The maximum absolute atomic E-state index is 9.64. The zero-order valence-corrected chi connectivity index (χ0v) is 13.2. The van der Waals surface area contributed by atoms with Gasteiger partial charge in [0.25, 0.3) is 0 Å². The largest absolute Gasteiger partial charge is 0.493 e. The molecule has 4 nitrogen and oxygen atoms in total. The van der Waals surface area contributed by atoms with Gasteiger partial charge < -0.3 is 19.9 Å². The first kappa shape index (κ1) is 16.1. The first-order chi connectivity index (χ1) is 10.2. The number of aliphatic hydroxyl groups is 1. The second kappa shape index (κ2) is 7.66. The molecule has 0 aromatic heterocycles. The first-order valence-electron chi connectivity index (χ1n) is 7.88. The highest BCUT2D eigenvalue weighted by molar-refractivity contribution is 5.43. The second-order valence-corrected chi connectivity index (χ2v) is 5.83. The van der Waals surface area contributed by atoms with Crippen molar-refractivity contribution in [2.45, 2.75) is 51.1 Å². The second-order valence-electron chi connectivity index (χ2n) is 5.83. The van der Waals surface area contributed by atoms with Gasteiger partial charge in [0.05, 0.1) is 20.3 Å². The number of rotatable bonds is 8. The Morgan fingerprint density at radius 3 is 2.62 bits per heavy atom. The van der Waals surface area contributed by atoms with Crippen LogP contribution in [0.4, 0.5) is 0 Å². The van der Waals surface area contributed by atoms with E-state index in [9.17, 15) is 5.11 Å². The van der Waals surface area contributed by atoms with Gasteiger partial charge in [0.15, 0.2) is 11.5 Å². The molecule has 1 aliphatic rings. The Morgan fingerprint density at radius 1 is 1.24 bits per heavy atom. The van der Waals surface area contributed by atoms with E-state index >= 15 is 0 Å². The van der Waals surface area contributed by atoms with Crippen molar-refractivity contribution < 1.29 is 14.6 Å². The molecule has 2 N–H and O–H groups in total. The summed E-state index contributed by atoms with van der Waals surface area (Å²) in [6.45, 7) is 3.73. The van der Waals surface area contributed by atoms with Crippen LogP contribution in [0.2, 0.25) is 0 Å². The summed E-state index contributed by atoms with van der Waals surface area (Å²) in [6, 6.07) is 6.02. The summed E-state index contributed by atoms with van der Waals surface area (Å²) in [4.78, 5) is 0.